The average molecular weight is 543 g/mol. The van der Waals surface area contributed by atoms with Crippen molar-refractivity contribution in [3.8, 4) is 0 Å². The minimum Gasteiger partial charge on any atom is -0.466 e. The Balaban J connectivity index is 1.15. The van der Waals surface area contributed by atoms with Gasteiger partial charge in [0.05, 0.1) is 12.5 Å². The SMILES string of the molecule is CCOC(=O)C(C)C1CC2(CCN(C(=O)CC3C4CC5CC(C4)CC3C5)CC2)c2c(Br)cccc21. The zero-order valence-electron chi connectivity index (χ0n) is 21.3. The second kappa shape index (κ2) is 9.19. The van der Waals surface area contributed by atoms with Gasteiger partial charge in [-0.05, 0) is 111 Å². The number of benzene rings is 1. The van der Waals surface area contributed by atoms with E-state index in [4.69, 9.17) is 4.74 Å². The summed E-state index contributed by atoms with van der Waals surface area (Å²) in [4.78, 5) is 28.3. The van der Waals surface area contributed by atoms with Crippen molar-refractivity contribution in [1.29, 1.82) is 0 Å². The molecule has 5 heteroatoms. The highest BCUT2D eigenvalue weighted by Crippen LogP contribution is 2.58. The van der Waals surface area contributed by atoms with E-state index in [2.05, 4.69) is 39.0 Å². The highest BCUT2D eigenvalue weighted by molar-refractivity contribution is 9.10. The van der Waals surface area contributed by atoms with Crippen LogP contribution in [-0.2, 0) is 19.7 Å². The van der Waals surface area contributed by atoms with Gasteiger partial charge in [-0.15, -0.1) is 0 Å². The van der Waals surface area contributed by atoms with Crippen molar-refractivity contribution in [2.75, 3.05) is 19.7 Å². The number of rotatable bonds is 5. The number of likely N-dealkylation sites (tertiary alicyclic amines) is 1. The first kappa shape index (κ1) is 24.0. The van der Waals surface area contributed by atoms with Crippen molar-refractivity contribution in [2.45, 2.75) is 83.0 Å². The first-order valence-corrected chi connectivity index (χ1v) is 14.9. The molecule has 0 radical (unpaired) electrons. The number of piperidine rings is 1. The molecule has 4 bridgehead atoms. The summed E-state index contributed by atoms with van der Waals surface area (Å²) in [5.74, 6) is 4.53. The van der Waals surface area contributed by atoms with Crippen LogP contribution >= 0.6 is 15.9 Å². The molecule has 1 heterocycles. The van der Waals surface area contributed by atoms with Gasteiger partial charge in [0.2, 0.25) is 5.91 Å². The van der Waals surface area contributed by atoms with E-state index in [1.165, 1.54) is 43.2 Å². The van der Waals surface area contributed by atoms with Gasteiger partial charge in [-0.2, -0.15) is 0 Å². The number of carbonyl (C=O) groups is 2. The van der Waals surface area contributed by atoms with Crippen LogP contribution in [0.25, 0.3) is 0 Å². The summed E-state index contributed by atoms with van der Waals surface area (Å²) in [5.41, 5.74) is 2.72. The van der Waals surface area contributed by atoms with Crippen molar-refractivity contribution < 1.29 is 14.3 Å². The maximum atomic E-state index is 13.5. The number of amides is 1. The molecule has 0 aromatic heterocycles. The Bertz CT molecular complexity index is 969. The van der Waals surface area contributed by atoms with Gasteiger partial charge in [-0.3, -0.25) is 9.59 Å². The molecule has 1 aromatic carbocycles. The van der Waals surface area contributed by atoms with Gasteiger partial charge in [-0.1, -0.05) is 35.0 Å². The number of fused-ring (bicyclic) bond motifs is 2. The minimum absolute atomic E-state index is 0.0419. The maximum absolute atomic E-state index is 13.5. The Morgan fingerprint density at radius 3 is 2.37 bits per heavy atom. The minimum atomic E-state index is -0.154. The Morgan fingerprint density at radius 2 is 1.74 bits per heavy atom. The van der Waals surface area contributed by atoms with Gasteiger partial charge in [0.1, 0.15) is 0 Å². The molecule has 1 aliphatic heterocycles. The van der Waals surface area contributed by atoms with Crippen LogP contribution in [0.2, 0.25) is 0 Å². The molecular weight excluding hydrogens is 502 g/mol. The summed E-state index contributed by atoms with van der Waals surface area (Å²) < 4.78 is 6.55. The summed E-state index contributed by atoms with van der Waals surface area (Å²) >= 11 is 3.85. The number of ether oxygens (including phenoxy) is 1. The van der Waals surface area contributed by atoms with Crippen LogP contribution in [0.3, 0.4) is 0 Å². The fourth-order valence-electron chi connectivity index (χ4n) is 9.27. The van der Waals surface area contributed by atoms with Crippen LogP contribution in [0.15, 0.2) is 22.7 Å². The van der Waals surface area contributed by atoms with Gasteiger partial charge >= 0.3 is 5.97 Å². The normalized spacial score (nSPS) is 35.2. The zero-order valence-corrected chi connectivity index (χ0v) is 22.9. The second-order valence-electron chi connectivity index (χ2n) is 12.5. The number of hydrogen-bond acceptors (Lipinski definition) is 3. The molecule has 1 spiro atoms. The molecule has 2 atom stereocenters. The Morgan fingerprint density at radius 1 is 1.09 bits per heavy atom. The van der Waals surface area contributed by atoms with Crippen LogP contribution in [-0.4, -0.2) is 36.5 Å². The molecule has 6 aliphatic rings. The van der Waals surface area contributed by atoms with Gasteiger partial charge in [0, 0.05) is 29.4 Å². The molecular formula is C30H40BrNO3. The summed E-state index contributed by atoms with van der Waals surface area (Å²) in [7, 11) is 0. The quantitative estimate of drug-likeness (QED) is 0.402. The van der Waals surface area contributed by atoms with Crippen molar-refractivity contribution in [1.82, 2.24) is 4.90 Å². The molecule has 4 saturated carbocycles. The van der Waals surface area contributed by atoms with Crippen molar-refractivity contribution in [2.24, 2.45) is 35.5 Å². The standard InChI is InChI=1S/C30H40BrNO3/c1-3-35-29(34)18(2)25-17-30(28-23(25)5-4-6-26(28)31)7-9-32(10-8-30)27(33)16-24-21-12-19-11-20(14-21)15-22(24)13-19/h4-6,18-22,24-25H,3,7-17H2,1-2H3. The Labute approximate surface area is 218 Å². The summed E-state index contributed by atoms with van der Waals surface area (Å²) in [6.45, 7) is 6.01. The molecule has 0 N–H and O–H groups in total. The lowest BCUT2D eigenvalue weighted by atomic mass is 9.51. The van der Waals surface area contributed by atoms with Gasteiger partial charge < -0.3 is 9.64 Å². The predicted octanol–water partition coefficient (Wildman–Crippen LogP) is 6.46. The third-order valence-electron chi connectivity index (χ3n) is 10.8. The smallest absolute Gasteiger partial charge is 0.309 e. The fraction of sp³-hybridized carbons (Fsp3) is 0.733. The van der Waals surface area contributed by atoms with Crippen molar-refractivity contribution in [3.63, 3.8) is 0 Å². The topological polar surface area (TPSA) is 46.6 Å². The highest BCUT2D eigenvalue weighted by atomic mass is 79.9. The number of esters is 1. The molecule has 1 aromatic rings. The molecule has 5 fully saturated rings. The highest BCUT2D eigenvalue weighted by Gasteiger charge is 2.51. The maximum Gasteiger partial charge on any atom is 0.309 e. The third-order valence-corrected chi connectivity index (χ3v) is 11.4. The first-order valence-electron chi connectivity index (χ1n) is 14.1. The second-order valence-corrected chi connectivity index (χ2v) is 13.4. The summed E-state index contributed by atoms with van der Waals surface area (Å²) in [5, 5.41) is 0. The number of nitrogens with zero attached hydrogens (tertiary/aromatic N) is 1. The lowest BCUT2D eigenvalue weighted by molar-refractivity contribution is -0.148. The zero-order chi connectivity index (χ0) is 24.3. The first-order chi connectivity index (χ1) is 16.9. The fourth-order valence-corrected chi connectivity index (χ4v) is 10.1. The lowest BCUT2D eigenvalue weighted by Gasteiger charge is -2.54. The molecule has 4 nitrogen and oxygen atoms in total. The van der Waals surface area contributed by atoms with Crippen molar-refractivity contribution in [3.05, 3.63) is 33.8 Å². The average Bonchev–Trinajstić information content (AvgIpc) is 3.16. The van der Waals surface area contributed by atoms with Crippen LogP contribution in [0.4, 0.5) is 0 Å². The van der Waals surface area contributed by atoms with E-state index in [1.807, 2.05) is 13.8 Å². The third kappa shape index (κ3) is 4.08. The van der Waals surface area contributed by atoms with Crippen molar-refractivity contribution >= 4 is 27.8 Å². The van der Waals surface area contributed by atoms with E-state index in [1.54, 1.807) is 0 Å². The number of carbonyl (C=O) groups excluding carboxylic acids is 2. The predicted molar refractivity (Wildman–Crippen MR) is 140 cm³/mol. The van der Waals surface area contributed by atoms with E-state index in [9.17, 15) is 9.59 Å². The van der Waals surface area contributed by atoms with Gasteiger partial charge in [-0.25, -0.2) is 0 Å². The molecule has 35 heavy (non-hydrogen) atoms. The largest absolute Gasteiger partial charge is 0.466 e. The van der Waals surface area contributed by atoms with E-state index < -0.39 is 0 Å². The molecule has 1 amide bonds. The van der Waals surface area contributed by atoms with Crippen LogP contribution in [0, 0.1) is 35.5 Å². The van der Waals surface area contributed by atoms with E-state index in [-0.39, 0.29) is 23.2 Å². The van der Waals surface area contributed by atoms with Crippen LogP contribution in [0.5, 0.6) is 0 Å². The molecule has 2 unspecified atom stereocenters. The Hall–Kier alpha value is -1.36. The molecule has 5 aliphatic carbocycles. The van der Waals surface area contributed by atoms with Gasteiger partial charge in [0.15, 0.2) is 0 Å². The van der Waals surface area contributed by atoms with E-state index >= 15 is 0 Å². The summed E-state index contributed by atoms with van der Waals surface area (Å²) in [6.07, 6.45) is 10.8. The monoisotopic (exact) mass is 541 g/mol. The molecule has 7 rings (SSSR count). The Kier molecular flexibility index (Phi) is 6.30. The number of hydrogen-bond donors (Lipinski definition) is 0. The van der Waals surface area contributed by atoms with E-state index in [0.717, 1.165) is 66.9 Å². The van der Waals surface area contributed by atoms with E-state index in [0.29, 0.717) is 18.4 Å². The van der Waals surface area contributed by atoms with Crippen LogP contribution in [0.1, 0.15) is 88.7 Å². The van der Waals surface area contributed by atoms with Gasteiger partial charge in [0.25, 0.3) is 0 Å². The molecule has 190 valence electrons. The summed E-state index contributed by atoms with van der Waals surface area (Å²) in [6, 6.07) is 6.44. The number of halogens is 1. The molecule has 1 saturated heterocycles. The van der Waals surface area contributed by atoms with Crippen LogP contribution < -0.4 is 0 Å². The lowest BCUT2D eigenvalue weighted by Crippen LogP contribution is -2.49.